The Kier molecular flexibility index (Phi) is 4.50. The summed E-state index contributed by atoms with van der Waals surface area (Å²) >= 11 is 0. The molecule has 1 saturated heterocycles. The average Bonchev–Trinajstić information content (AvgIpc) is 2.95. The van der Waals surface area contributed by atoms with Gasteiger partial charge in [0.05, 0.1) is 6.61 Å². The van der Waals surface area contributed by atoms with Crippen molar-refractivity contribution in [1.82, 2.24) is 15.5 Å². The van der Waals surface area contributed by atoms with Gasteiger partial charge < -0.3 is 14.6 Å². The first-order valence-corrected chi connectivity index (χ1v) is 6.43. The fraction of sp³-hybridized carbons (Fsp3) is 0.833. The Bertz CT molecular complexity index is 334. The minimum Gasteiger partial charge on any atom is -0.381 e. The minimum absolute atomic E-state index is 0.325. The van der Waals surface area contributed by atoms with Crippen molar-refractivity contribution < 1.29 is 9.26 Å². The lowest BCUT2D eigenvalue weighted by Gasteiger charge is -2.09. The summed E-state index contributed by atoms with van der Waals surface area (Å²) < 4.78 is 10.6. The smallest absolute Gasteiger partial charge is 0.228 e. The van der Waals surface area contributed by atoms with E-state index in [9.17, 15) is 0 Å². The van der Waals surface area contributed by atoms with Gasteiger partial charge >= 0.3 is 0 Å². The number of nitrogens with one attached hydrogen (secondary N) is 1. The van der Waals surface area contributed by atoms with Crippen LogP contribution in [-0.4, -0.2) is 35.9 Å². The topological polar surface area (TPSA) is 60.2 Å². The number of hydrogen-bond acceptors (Lipinski definition) is 5. The minimum atomic E-state index is 0.325. The van der Waals surface area contributed by atoms with Gasteiger partial charge in [0.2, 0.25) is 5.89 Å². The van der Waals surface area contributed by atoms with Crippen molar-refractivity contribution in [1.29, 1.82) is 0 Å². The van der Waals surface area contributed by atoms with Gasteiger partial charge in [-0.2, -0.15) is 4.98 Å². The number of ether oxygens (including phenoxy) is 1. The third-order valence-corrected chi connectivity index (χ3v) is 3.00. The summed E-state index contributed by atoms with van der Waals surface area (Å²) in [6.07, 6.45) is 2.93. The van der Waals surface area contributed by atoms with E-state index in [2.05, 4.69) is 29.3 Å². The van der Waals surface area contributed by atoms with Crippen molar-refractivity contribution in [3.8, 4) is 0 Å². The van der Waals surface area contributed by atoms with Crippen molar-refractivity contribution in [2.24, 2.45) is 0 Å². The Balaban J connectivity index is 1.84. The molecule has 2 rings (SSSR count). The van der Waals surface area contributed by atoms with E-state index >= 15 is 0 Å². The van der Waals surface area contributed by atoms with Gasteiger partial charge in [-0.25, -0.2) is 0 Å². The molecule has 2 unspecified atom stereocenters. The first-order valence-electron chi connectivity index (χ1n) is 6.43. The van der Waals surface area contributed by atoms with E-state index in [0.29, 0.717) is 12.0 Å². The van der Waals surface area contributed by atoms with Crippen molar-refractivity contribution in [2.75, 3.05) is 19.8 Å². The first kappa shape index (κ1) is 12.5. The van der Waals surface area contributed by atoms with E-state index in [1.165, 1.54) is 0 Å². The third-order valence-electron chi connectivity index (χ3n) is 3.00. The molecular formula is C12H21N3O2. The number of nitrogens with zero attached hydrogens (tertiary/aromatic N) is 2. The Morgan fingerprint density at radius 3 is 3.12 bits per heavy atom. The summed E-state index contributed by atoms with van der Waals surface area (Å²) in [6.45, 7) is 6.85. The zero-order chi connectivity index (χ0) is 12.1. The van der Waals surface area contributed by atoms with Crippen LogP contribution in [0.1, 0.15) is 44.3 Å². The second kappa shape index (κ2) is 6.12. The van der Waals surface area contributed by atoms with Crippen LogP contribution in [0, 0.1) is 0 Å². The lowest BCUT2D eigenvalue weighted by Crippen LogP contribution is -2.28. The summed E-state index contributed by atoms with van der Waals surface area (Å²) in [6, 6.07) is 0.378. The summed E-state index contributed by atoms with van der Waals surface area (Å²) in [4.78, 5) is 4.44. The number of aromatic nitrogens is 2. The van der Waals surface area contributed by atoms with E-state index in [-0.39, 0.29) is 0 Å². The molecule has 5 nitrogen and oxygen atoms in total. The summed E-state index contributed by atoms with van der Waals surface area (Å²) in [7, 11) is 0. The van der Waals surface area contributed by atoms with Gasteiger partial charge in [-0.1, -0.05) is 12.1 Å². The largest absolute Gasteiger partial charge is 0.381 e. The van der Waals surface area contributed by atoms with Crippen LogP contribution >= 0.6 is 0 Å². The Morgan fingerprint density at radius 1 is 1.53 bits per heavy atom. The van der Waals surface area contributed by atoms with Gasteiger partial charge in [-0.3, -0.25) is 0 Å². The van der Waals surface area contributed by atoms with Crippen LogP contribution in [-0.2, 0) is 11.2 Å². The van der Waals surface area contributed by atoms with E-state index in [1.807, 2.05) is 0 Å². The van der Waals surface area contributed by atoms with Crippen LogP contribution in [0.2, 0.25) is 0 Å². The lowest BCUT2D eigenvalue weighted by molar-refractivity contribution is 0.192. The molecule has 17 heavy (non-hydrogen) atoms. The quantitative estimate of drug-likeness (QED) is 0.815. The molecule has 2 atom stereocenters. The fourth-order valence-electron chi connectivity index (χ4n) is 1.98. The highest BCUT2D eigenvalue weighted by atomic mass is 16.5. The monoisotopic (exact) mass is 239 g/mol. The molecule has 0 radical (unpaired) electrons. The van der Waals surface area contributed by atoms with Crippen LogP contribution in [0.4, 0.5) is 0 Å². The van der Waals surface area contributed by atoms with Crippen LogP contribution in [0.3, 0.4) is 0 Å². The molecule has 0 aliphatic carbocycles. The predicted octanol–water partition coefficient (Wildman–Crippen LogP) is 1.50. The molecule has 0 saturated carbocycles. The maximum atomic E-state index is 5.32. The summed E-state index contributed by atoms with van der Waals surface area (Å²) in [5.74, 6) is 1.86. The highest BCUT2D eigenvalue weighted by molar-refractivity contribution is 4.98. The molecule has 96 valence electrons. The lowest BCUT2D eigenvalue weighted by atomic mass is 10.1. The maximum absolute atomic E-state index is 5.32. The van der Waals surface area contributed by atoms with Gasteiger partial charge in [0.25, 0.3) is 0 Å². The second-order valence-electron chi connectivity index (χ2n) is 4.67. The molecule has 1 aromatic rings. The van der Waals surface area contributed by atoms with Crippen molar-refractivity contribution in [3.05, 3.63) is 11.7 Å². The van der Waals surface area contributed by atoms with Gasteiger partial charge in [0.15, 0.2) is 5.82 Å². The average molecular weight is 239 g/mol. The zero-order valence-electron chi connectivity index (χ0n) is 10.6. The molecule has 5 heteroatoms. The number of rotatable bonds is 6. The molecule has 2 heterocycles. The molecule has 1 aromatic heterocycles. The molecule has 1 N–H and O–H groups in total. The van der Waals surface area contributed by atoms with E-state index in [4.69, 9.17) is 9.26 Å². The molecule has 0 bridgehead atoms. The van der Waals surface area contributed by atoms with Gasteiger partial charge in [0.1, 0.15) is 0 Å². The van der Waals surface area contributed by atoms with Crippen LogP contribution < -0.4 is 5.32 Å². The highest BCUT2D eigenvalue weighted by Gasteiger charge is 2.23. The van der Waals surface area contributed by atoms with Gasteiger partial charge in [0, 0.05) is 25.0 Å². The van der Waals surface area contributed by atoms with E-state index in [1.54, 1.807) is 0 Å². The summed E-state index contributed by atoms with van der Waals surface area (Å²) in [5.41, 5.74) is 0. The molecule has 0 amide bonds. The highest BCUT2D eigenvalue weighted by Crippen LogP contribution is 2.22. The fourth-order valence-corrected chi connectivity index (χ4v) is 1.98. The van der Waals surface area contributed by atoms with Crippen molar-refractivity contribution in [3.63, 3.8) is 0 Å². The van der Waals surface area contributed by atoms with Crippen LogP contribution in [0.15, 0.2) is 4.52 Å². The zero-order valence-corrected chi connectivity index (χ0v) is 10.6. The third kappa shape index (κ3) is 3.51. The number of hydrogen-bond donors (Lipinski definition) is 1. The molecule has 0 aromatic carbocycles. The standard InChI is InChI=1S/C12H21N3O2/c1-3-5-13-9(2)7-11-14-12(15-17-11)10-4-6-16-8-10/h9-10,13H,3-8H2,1-2H3. The second-order valence-corrected chi connectivity index (χ2v) is 4.67. The first-order chi connectivity index (χ1) is 8.29. The normalized spacial score (nSPS) is 21.9. The maximum Gasteiger partial charge on any atom is 0.228 e. The van der Waals surface area contributed by atoms with Gasteiger partial charge in [-0.15, -0.1) is 0 Å². The molecule has 1 aliphatic heterocycles. The Hall–Kier alpha value is -0.940. The Morgan fingerprint density at radius 2 is 2.41 bits per heavy atom. The SMILES string of the molecule is CCCNC(C)Cc1nc(C2CCOC2)no1. The van der Waals surface area contributed by atoms with E-state index in [0.717, 1.165) is 50.7 Å². The molecule has 1 fully saturated rings. The molecule has 0 spiro atoms. The van der Waals surface area contributed by atoms with Gasteiger partial charge in [-0.05, 0) is 26.3 Å². The van der Waals surface area contributed by atoms with Crippen LogP contribution in [0.5, 0.6) is 0 Å². The molecule has 1 aliphatic rings. The van der Waals surface area contributed by atoms with E-state index < -0.39 is 0 Å². The Labute approximate surface area is 102 Å². The van der Waals surface area contributed by atoms with Crippen LogP contribution in [0.25, 0.3) is 0 Å². The van der Waals surface area contributed by atoms with Crippen molar-refractivity contribution in [2.45, 2.75) is 45.1 Å². The van der Waals surface area contributed by atoms with Crippen molar-refractivity contribution >= 4 is 0 Å². The molecular weight excluding hydrogens is 218 g/mol. The summed E-state index contributed by atoms with van der Waals surface area (Å²) in [5, 5.41) is 7.44. The predicted molar refractivity (Wildman–Crippen MR) is 63.9 cm³/mol.